The van der Waals surface area contributed by atoms with Crippen molar-refractivity contribution in [2.24, 2.45) is 0 Å². The molecule has 36 heavy (non-hydrogen) atoms. The molecule has 0 unspecified atom stereocenters. The maximum atomic E-state index is 13.3. The highest BCUT2D eigenvalue weighted by Crippen LogP contribution is 2.36. The molecule has 1 amide bonds. The van der Waals surface area contributed by atoms with E-state index in [0.717, 1.165) is 48.8 Å². The van der Waals surface area contributed by atoms with Crippen LogP contribution in [0.25, 0.3) is 0 Å². The first-order valence-electron chi connectivity index (χ1n) is 12.0. The number of ether oxygens (including phenoxy) is 3. The molecule has 1 N–H and O–H groups in total. The average Bonchev–Trinajstić information content (AvgIpc) is 3.33. The van der Waals surface area contributed by atoms with Gasteiger partial charge in [-0.15, -0.1) is 0 Å². The van der Waals surface area contributed by atoms with Crippen molar-refractivity contribution in [1.29, 1.82) is 0 Å². The fourth-order valence-electron chi connectivity index (χ4n) is 4.69. The number of benzene rings is 2. The number of rotatable bonds is 6. The van der Waals surface area contributed by atoms with Crippen molar-refractivity contribution in [1.82, 2.24) is 9.80 Å². The zero-order valence-corrected chi connectivity index (χ0v) is 19.9. The summed E-state index contributed by atoms with van der Waals surface area (Å²) in [4.78, 5) is 19.1. The van der Waals surface area contributed by atoms with Crippen LogP contribution in [0.3, 0.4) is 0 Å². The highest BCUT2D eigenvalue weighted by molar-refractivity contribution is 5.95. The van der Waals surface area contributed by atoms with Crippen LogP contribution in [0.1, 0.15) is 11.1 Å². The molecule has 3 aliphatic heterocycles. The van der Waals surface area contributed by atoms with Gasteiger partial charge < -0.3 is 24.4 Å². The number of morpholine rings is 1. The van der Waals surface area contributed by atoms with Crippen LogP contribution in [0.15, 0.2) is 36.4 Å². The van der Waals surface area contributed by atoms with Crippen molar-refractivity contribution < 1.29 is 32.2 Å². The topological polar surface area (TPSA) is 66.5 Å². The standard InChI is InChI=1S/C25H29F3N4O4/c26-25(27,28)19-2-3-21(32-9-11-34-12-10-32)20(14-19)29-24(33)16-31-7-5-30(6-8-31)15-18-1-4-22-23(13-18)36-17-35-22/h1-4,13-14H,5-12,15-17H2,(H,29,33). The van der Waals surface area contributed by atoms with Crippen molar-refractivity contribution in [3.05, 3.63) is 47.5 Å². The van der Waals surface area contributed by atoms with Gasteiger partial charge in [0.25, 0.3) is 0 Å². The Morgan fingerprint density at radius 1 is 0.889 bits per heavy atom. The molecule has 194 valence electrons. The van der Waals surface area contributed by atoms with Gasteiger partial charge in [0, 0.05) is 45.8 Å². The van der Waals surface area contributed by atoms with Crippen molar-refractivity contribution in [3.63, 3.8) is 0 Å². The number of fused-ring (bicyclic) bond motifs is 1. The van der Waals surface area contributed by atoms with Crippen molar-refractivity contribution >= 4 is 17.3 Å². The molecular formula is C25H29F3N4O4. The minimum atomic E-state index is -4.49. The Morgan fingerprint density at radius 2 is 1.61 bits per heavy atom. The van der Waals surface area contributed by atoms with E-state index in [1.807, 2.05) is 28.0 Å². The Kier molecular flexibility index (Phi) is 7.22. The molecule has 0 aromatic heterocycles. The molecule has 0 spiro atoms. The summed E-state index contributed by atoms with van der Waals surface area (Å²) in [5.41, 5.74) is 1.10. The predicted molar refractivity (Wildman–Crippen MR) is 127 cm³/mol. The molecule has 0 bridgehead atoms. The molecule has 2 saturated heterocycles. The van der Waals surface area contributed by atoms with Gasteiger partial charge in [0.1, 0.15) is 0 Å². The minimum absolute atomic E-state index is 0.122. The number of amides is 1. The van der Waals surface area contributed by atoms with Gasteiger partial charge in [0.15, 0.2) is 11.5 Å². The molecule has 2 aromatic carbocycles. The number of hydrogen-bond donors (Lipinski definition) is 1. The normalized spacial score (nSPS) is 18.9. The fourth-order valence-corrected chi connectivity index (χ4v) is 4.69. The third kappa shape index (κ3) is 5.85. The largest absolute Gasteiger partial charge is 0.454 e. The predicted octanol–water partition coefficient (Wildman–Crippen LogP) is 3.03. The summed E-state index contributed by atoms with van der Waals surface area (Å²) < 4.78 is 56.2. The van der Waals surface area contributed by atoms with Gasteiger partial charge in [-0.3, -0.25) is 14.6 Å². The molecule has 3 heterocycles. The fraction of sp³-hybridized carbons (Fsp3) is 0.480. The Bertz CT molecular complexity index is 1080. The van der Waals surface area contributed by atoms with E-state index < -0.39 is 11.7 Å². The Hall–Kier alpha value is -3.02. The number of alkyl halides is 3. The second kappa shape index (κ2) is 10.5. The van der Waals surface area contributed by atoms with Crippen LogP contribution in [0.5, 0.6) is 11.5 Å². The number of hydrogen-bond acceptors (Lipinski definition) is 7. The summed E-state index contributed by atoms with van der Waals surface area (Å²) in [7, 11) is 0. The second-order valence-corrected chi connectivity index (χ2v) is 9.12. The van der Waals surface area contributed by atoms with Crippen LogP contribution >= 0.6 is 0 Å². The van der Waals surface area contributed by atoms with Crippen LogP contribution in [-0.4, -0.2) is 81.5 Å². The molecule has 11 heteroatoms. The minimum Gasteiger partial charge on any atom is -0.454 e. The second-order valence-electron chi connectivity index (χ2n) is 9.12. The molecule has 2 aromatic rings. The molecule has 0 aliphatic carbocycles. The van der Waals surface area contributed by atoms with Gasteiger partial charge >= 0.3 is 6.18 Å². The number of piperazine rings is 1. The Labute approximate surface area is 207 Å². The summed E-state index contributed by atoms with van der Waals surface area (Å²) in [6, 6.07) is 9.43. The lowest BCUT2D eigenvalue weighted by Crippen LogP contribution is -2.48. The summed E-state index contributed by atoms with van der Waals surface area (Å²) >= 11 is 0. The van der Waals surface area contributed by atoms with E-state index in [1.54, 1.807) is 0 Å². The van der Waals surface area contributed by atoms with E-state index in [0.29, 0.717) is 45.1 Å². The Morgan fingerprint density at radius 3 is 2.36 bits per heavy atom. The summed E-state index contributed by atoms with van der Waals surface area (Å²) in [6.07, 6.45) is -4.49. The number of nitrogens with one attached hydrogen (secondary N) is 1. The molecule has 5 rings (SSSR count). The van der Waals surface area contributed by atoms with E-state index in [-0.39, 0.29) is 24.9 Å². The van der Waals surface area contributed by atoms with E-state index in [1.165, 1.54) is 6.07 Å². The zero-order valence-electron chi connectivity index (χ0n) is 19.9. The molecule has 0 atom stereocenters. The van der Waals surface area contributed by atoms with Crippen LogP contribution in [-0.2, 0) is 22.3 Å². The summed E-state index contributed by atoms with van der Waals surface area (Å²) in [5.74, 6) is 1.19. The molecule has 2 fully saturated rings. The van der Waals surface area contributed by atoms with Gasteiger partial charge in [-0.25, -0.2) is 0 Å². The number of carbonyl (C=O) groups is 1. The van der Waals surface area contributed by atoms with Crippen molar-refractivity contribution in [2.45, 2.75) is 12.7 Å². The van der Waals surface area contributed by atoms with E-state index in [2.05, 4.69) is 10.2 Å². The highest BCUT2D eigenvalue weighted by Gasteiger charge is 2.32. The van der Waals surface area contributed by atoms with Crippen LogP contribution in [0.2, 0.25) is 0 Å². The highest BCUT2D eigenvalue weighted by atomic mass is 19.4. The van der Waals surface area contributed by atoms with Gasteiger partial charge in [-0.1, -0.05) is 6.07 Å². The first kappa shape index (κ1) is 24.7. The van der Waals surface area contributed by atoms with E-state index in [4.69, 9.17) is 14.2 Å². The molecular weight excluding hydrogens is 477 g/mol. The van der Waals surface area contributed by atoms with Crippen LogP contribution in [0.4, 0.5) is 24.5 Å². The molecule has 0 radical (unpaired) electrons. The number of halogens is 3. The van der Waals surface area contributed by atoms with Gasteiger partial charge in [0.2, 0.25) is 12.7 Å². The summed E-state index contributed by atoms with van der Waals surface area (Å²) in [6.45, 7) is 6.17. The average molecular weight is 507 g/mol. The summed E-state index contributed by atoms with van der Waals surface area (Å²) in [5, 5.41) is 2.74. The number of anilines is 2. The van der Waals surface area contributed by atoms with Crippen molar-refractivity contribution in [3.8, 4) is 11.5 Å². The lowest BCUT2D eigenvalue weighted by molar-refractivity contribution is -0.137. The Balaban J connectivity index is 1.17. The van der Waals surface area contributed by atoms with Crippen molar-refractivity contribution in [2.75, 3.05) is 76.0 Å². The molecule has 8 nitrogen and oxygen atoms in total. The first-order valence-corrected chi connectivity index (χ1v) is 12.0. The van der Waals surface area contributed by atoms with Gasteiger partial charge in [-0.05, 0) is 35.9 Å². The van der Waals surface area contributed by atoms with E-state index >= 15 is 0 Å². The maximum absolute atomic E-state index is 13.3. The van der Waals surface area contributed by atoms with Crippen LogP contribution in [0, 0.1) is 0 Å². The lowest BCUT2D eigenvalue weighted by atomic mass is 10.1. The maximum Gasteiger partial charge on any atom is 0.416 e. The molecule has 0 saturated carbocycles. The lowest BCUT2D eigenvalue weighted by Gasteiger charge is -2.34. The smallest absolute Gasteiger partial charge is 0.416 e. The zero-order chi connectivity index (χ0) is 25.1. The number of carbonyl (C=O) groups excluding carboxylic acids is 1. The van der Waals surface area contributed by atoms with E-state index in [9.17, 15) is 18.0 Å². The van der Waals surface area contributed by atoms with Gasteiger partial charge in [-0.2, -0.15) is 13.2 Å². The van der Waals surface area contributed by atoms with Crippen LogP contribution < -0.4 is 19.7 Å². The quantitative estimate of drug-likeness (QED) is 0.646. The first-order chi connectivity index (χ1) is 17.3. The third-order valence-electron chi connectivity index (χ3n) is 6.63. The number of nitrogens with zero attached hydrogens (tertiary/aromatic N) is 3. The molecule has 3 aliphatic rings. The third-order valence-corrected chi connectivity index (χ3v) is 6.63. The monoisotopic (exact) mass is 506 g/mol. The van der Waals surface area contributed by atoms with Gasteiger partial charge in [0.05, 0.1) is 36.7 Å². The SMILES string of the molecule is O=C(CN1CCN(Cc2ccc3c(c2)OCO3)CC1)Nc1cc(C(F)(F)F)ccc1N1CCOCC1.